The maximum absolute atomic E-state index is 12.3. The van der Waals surface area contributed by atoms with Gasteiger partial charge in [-0.15, -0.1) is 6.42 Å². The summed E-state index contributed by atoms with van der Waals surface area (Å²) in [6.07, 6.45) is 11.0. The number of rotatable bonds is 6. The van der Waals surface area contributed by atoms with E-state index in [9.17, 15) is 4.79 Å². The van der Waals surface area contributed by atoms with Crippen LogP contribution in [0, 0.1) is 12.3 Å². The van der Waals surface area contributed by atoms with Crippen LogP contribution in [0.1, 0.15) is 49.3 Å². The van der Waals surface area contributed by atoms with E-state index in [0.29, 0.717) is 5.92 Å². The van der Waals surface area contributed by atoms with E-state index in [1.54, 1.807) is 6.07 Å². The summed E-state index contributed by atoms with van der Waals surface area (Å²) in [5, 5.41) is 0. The van der Waals surface area contributed by atoms with Crippen LogP contribution >= 0.6 is 0 Å². The fourth-order valence-electron chi connectivity index (χ4n) is 4.44. The number of aromatic nitrogens is 2. The monoisotopic (exact) mass is 406 g/mol. The number of benzene rings is 1. The van der Waals surface area contributed by atoms with E-state index in [1.165, 1.54) is 12.0 Å². The zero-order valence-corrected chi connectivity index (χ0v) is 17.5. The number of piperidine rings is 2. The lowest BCUT2D eigenvalue weighted by molar-refractivity contribution is 0.198. The summed E-state index contributed by atoms with van der Waals surface area (Å²) in [6.45, 7) is 5.11. The predicted molar refractivity (Wildman–Crippen MR) is 119 cm³/mol. The molecule has 1 aromatic carbocycles. The van der Waals surface area contributed by atoms with Gasteiger partial charge in [-0.1, -0.05) is 18.1 Å². The first kappa shape index (κ1) is 20.5. The smallest absolute Gasteiger partial charge is 0.252 e. The van der Waals surface area contributed by atoms with Crippen LogP contribution in [-0.2, 0) is 6.54 Å². The van der Waals surface area contributed by atoms with E-state index in [4.69, 9.17) is 16.1 Å². The number of aromatic amines is 1. The average molecular weight is 407 g/mol. The zero-order valence-electron chi connectivity index (χ0n) is 17.5. The van der Waals surface area contributed by atoms with Crippen LogP contribution in [0.4, 0.5) is 5.95 Å². The fraction of sp³-hybridized carbons (Fsp3) is 0.500. The molecule has 1 atom stereocenters. The number of likely N-dealkylation sites (tertiary alicyclic amines) is 1. The van der Waals surface area contributed by atoms with Crippen LogP contribution in [-0.4, -0.2) is 47.7 Å². The van der Waals surface area contributed by atoms with E-state index >= 15 is 0 Å². The first-order valence-corrected chi connectivity index (χ1v) is 10.9. The SMILES string of the molecule is C#CCOc1ccc(CN2CCCC(c3cc(=O)[nH]c(N4CCCCC4)n3)C2)cc1. The minimum absolute atomic E-state index is 0.0414. The van der Waals surface area contributed by atoms with Crippen LogP contribution in [0.5, 0.6) is 5.75 Å². The highest BCUT2D eigenvalue weighted by molar-refractivity contribution is 5.32. The highest BCUT2D eigenvalue weighted by Crippen LogP contribution is 2.27. The van der Waals surface area contributed by atoms with Gasteiger partial charge < -0.3 is 9.64 Å². The number of nitrogens with one attached hydrogen (secondary N) is 1. The molecular formula is C24H30N4O2. The lowest BCUT2D eigenvalue weighted by Gasteiger charge is -2.33. The van der Waals surface area contributed by atoms with Gasteiger partial charge in [-0.2, -0.15) is 0 Å². The van der Waals surface area contributed by atoms with Crippen molar-refractivity contribution < 1.29 is 4.74 Å². The molecule has 2 aliphatic heterocycles. The van der Waals surface area contributed by atoms with Crippen molar-refractivity contribution in [2.75, 3.05) is 37.7 Å². The number of nitrogens with zero attached hydrogens (tertiary/aromatic N) is 3. The number of terminal acetylenes is 1. The third kappa shape index (κ3) is 5.22. The van der Waals surface area contributed by atoms with Crippen molar-refractivity contribution in [1.29, 1.82) is 0 Å². The molecule has 6 heteroatoms. The second kappa shape index (κ2) is 9.82. The number of H-pyrrole nitrogens is 1. The molecule has 30 heavy (non-hydrogen) atoms. The standard InChI is InChI=1S/C24H30N4O2/c1-2-15-30-21-10-8-19(9-11-21)17-27-12-6-7-20(18-27)22-16-23(29)26-24(25-22)28-13-4-3-5-14-28/h1,8-11,16,20H,3-7,12-15,17-18H2,(H,25,26,29). The lowest BCUT2D eigenvalue weighted by Crippen LogP contribution is -2.36. The van der Waals surface area contributed by atoms with E-state index in [1.807, 2.05) is 12.1 Å². The lowest BCUT2D eigenvalue weighted by atomic mass is 9.94. The molecule has 0 saturated carbocycles. The predicted octanol–water partition coefficient (Wildman–Crippen LogP) is 3.15. The average Bonchev–Trinajstić information content (AvgIpc) is 2.79. The Labute approximate surface area is 178 Å². The van der Waals surface area contributed by atoms with Gasteiger partial charge in [-0.3, -0.25) is 14.7 Å². The van der Waals surface area contributed by atoms with Gasteiger partial charge in [0.25, 0.3) is 5.56 Å². The van der Waals surface area contributed by atoms with Crippen LogP contribution in [0.15, 0.2) is 35.1 Å². The maximum Gasteiger partial charge on any atom is 0.252 e. The number of anilines is 1. The molecule has 0 amide bonds. The summed E-state index contributed by atoms with van der Waals surface area (Å²) >= 11 is 0. The Balaban J connectivity index is 1.42. The van der Waals surface area contributed by atoms with Gasteiger partial charge in [0.15, 0.2) is 0 Å². The van der Waals surface area contributed by atoms with Crippen molar-refractivity contribution in [3.05, 3.63) is 51.9 Å². The van der Waals surface area contributed by atoms with Crippen molar-refractivity contribution >= 4 is 5.95 Å². The fourth-order valence-corrected chi connectivity index (χ4v) is 4.44. The highest BCUT2D eigenvalue weighted by atomic mass is 16.5. The largest absolute Gasteiger partial charge is 0.481 e. The van der Waals surface area contributed by atoms with E-state index in [2.05, 4.69) is 32.8 Å². The Kier molecular flexibility index (Phi) is 6.70. The molecule has 158 valence electrons. The van der Waals surface area contributed by atoms with Crippen LogP contribution < -0.4 is 15.2 Å². The summed E-state index contributed by atoms with van der Waals surface area (Å²) in [5.74, 6) is 4.32. The van der Waals surface area contributed by atoms with E-state index < -0.39 is 0 Å². The molecular weight excluding hydrogens is 376 g/mol. The van der Waals surface area contributed by atoms with Gasteiger partial charge in [-0.05, 0) is 56.3 Å². The van der Waals surface area contributed by atoms with Crippen molar-refractivity contribution in [1.82, 2.24) is 14.9 Å². The van der Waals surface area contributed by atoms with E-state index in [0.717, 1.165) is 75.8 Å². The summed E-state index contributed by atoms with van der Waals surface area (Å²) in [7, 11) is 0. The Morgan fingerprint density at radius 3 is 2.70 bits per heavy atom. The Hall–Kier alpha value is -2.78. The number of hydrogen-bond acceptors (Lipinski definition) is 5. The Morgan fingerprint density at radius 1 is 1.13 bits per heavy atom. The van der Waals surface area contributed by atoms with Crippen LogP contribution in [0.2, 0.25) is 0 Å². The maximum atomic E-state index is 12.3. The van der Waals surface area contributed by atoms with Crippen molar-refractivity contribution in [2.45, 2.75) is 44.6 Å². The van der Waals surface area contributed by atoms with Gasteiger partial charge in [0.1, 0.15) is 12.4 Å². The molecule has 0 bridgehead atoms. The molecule has 2 saturated heterocycles. The molecule has 2 aliphatic rings. The molecule has 1 aromatic heterocycles. The molecule has 3 heterocycles. The van der Waals surface area contributed by atoms with Gasteiger partial charge in [0.05, 0.1) is 5.69 Å². The third-order valence-electron chi connectivity index (χ3n) is 5.98. The molecule has 4 rings (SSSR count). The molecule has 0 aliphatic carbocycles. The molecule has 1 unspecified atom stereocenters. The number of ether oxygens (including phenoxy) is 1. The van der Waals surface area contributed by atoms with Gasteiger partial charge in [0.2, 0.25) is 5.95 Å². The molecule has 2 aromatic rings. The van der Waals surface area contributed by atoms with Crippen LogP contribution in [0.25, 0.3) is 0 Å². The van der Waals surface area contributed by atoms with Crippen LogP contribution in [0.3, 0.4) is 0 Å². The minimum atomic E-state index is -0.0414. The van der Waals surface area contributed by atoms with Gasteiger partial charge in [-0.25, -0.2) is 4.98 Å². The molecule has 1 N–H and O–H groups in total. The van der Waals surface area contributed by atoms with Gasteiger partial charge in [0, 0.05) is 38.2 Å². The third-order valence-corrected chi connectivity index (χ3v) is 5.98. The summed E-state index contributed by atoms with van der Waals surface area (Å²) in [6, 6.07) is 9.82. The summed E-state index contributed by atoms with van der Waals surface area (Å²) in [5.41, 5.74) is 2.14. The first-order valence-electron chi connectivity index (χ1n) is 10.9. The van der Waals surface area contributed by atoms with E-state index in [-0.39, 0.29) is 12.2 Å². The first-order chi connectivity index (χ1) is 14.7. The summed E-state index contributed by atoms with van der Waals surface area (Å²) in [4.78, 5) is 24.8. The molecule has 2 fully saturated rings. The minimum Gasteiger partial charge on any atom is -0.481 e. The van der Waals surface area contributed by atoms with Crippen molar-refractivity contribution in [3.63, 3.8) is 0 Å². The topological polar surface area (TPSA) is 61.5 Å². The highest BCUT2D eigenvalue weighted by Gasteiger charge is 2.24. The molecule has 0 radical (unpaired) electrons. The zero-order chi connectivity index (χ0) is 20.8. The Morgan fingerprint density at radius 2 is 1.93 bits per heavy atom. The van der Waals surface area contributed by atoms with Gasteiger partial charge >= 0.3 is 0 Å². The second-order valence-corrected chi connectivity index (χ2v) is 8.25. The second-order valence-electron chi connectivity index (χ2n) is 8.25. The molecule has 6 nitrogen and oxygen atoms in total. The quantitative estimate of drug-likeness (QED) is 0.747. The molecule has 0 spiro atoms. The Bertz CT molecular complexity index is 925. The summed E-state index contributed by atoms with van der Waals surface area (Å²) < 4.78 is 5.45. The normalized spacial score (nSPS) is 20.0. The van der Waals surface area contributed by atoms with Crippen molar-refractivity contribution in [2.24, 2.45) is 0 Å². The number of hydrogen-bond donors (Lipinski definition) is 1. The van der Waals surface area contributed by atoms with Crippen molar-refractivity contribution in [3.8, 4) is 18.1 Å².